The van der Waals surface area contributed by atoms with E-state index in [1.807, 2.05) is 19.9 Å². The summed E-state index contributed by atoms with van der Waals surface area (Å²) in [6, 6.07) is 0. The van der Waals surface area contributed by atoms with Crippen molar-refractivity contribution in [2.24, 2.45) is 17.3 Å². The van der Waals surface area contributed by atoms with E-state index < -0.39 is 0 Å². The molecule has 1 aliphatic heterocycles. The van der Waals surface area contributed by atoms with Crippen LogP contribution in [0.15, 0.2) is 23.3 Å². The van der Waals surface area contributed by atoms with Crippen LogP contribution < -0.4 is 0 Å². The molecule has 4 atom stereocenters. The number of ketones is 1. The Balaban J connectivity index is 2.10. The normalized spacial score (nSPS) is 42.7. The van der Waals surface area contributed by atoms with Crippen LogP contribution >= 0.6 is 0 Å². The lowest BCUT2D eigenvalue weighted by molar-refractivity contribution is -0.143. The smallest absolute Gasteiger partial charge is 0.309 e. The Labute approximate surface area is 107 Å². The maximum Gasteiger partial charge on any atom is 0.309 e. The highest BCUT2D eigenvalue weighted by molar-refractivity contribution is 6.05. The van der Waals surface area contributed by atoms with Crippen molar-refractivity contribution in [2.45, 2.75) is 39.7 Å². The van der Waals surface area contributed by atoms with Crippen molar-refractivity contribution >= 4 is 11.8 Å². The first-order valence-corrected chi connectivity index (χ1v) is 6.59. The number of hydrogen-bond donors (Lipinski definition) is 0. The van der Waals surface area contributed by atoms with Crippen molar-refractivity contribution in [1.29, 1.82) is 0 Å². The van der Waals surface area contributed by atoms with Crippen LogP contribution in [0.4, 0.5) is 0 Å². The molecule has 0 aromatic rings. The van der Waals surface area contributed by atoms with Crippen molar-refractivity contribution in [3.63, 3.8) is 0 Å². The largest absolute Gasteiger partial charge is 0.457 e. The molecule has 0 spiro atoms. The third kappa shape index (κ3) is 1.36. The fourth-order valence-corrected chi connectivity index (χ4v) is 3.69. The maximum absolute atomic E-state index is 11.9. The molecule has 0 bridgehead atoms. The van der Waals surface area contributed by atoms with Gasteiger partial charge in [-0.25, -0.2) is 0 Å². The van der Waals surface area contributed by atoms with Crippen LogP contribution in [0.2, 0.25) is 0 Å². The van der Waals surface area contributed by atoms with E-state index in [0.29, 0.717) is 0 Å². The first kappa shape index (κ1) is 11.7. The van der Waals surface area contributed by atoms with E-state index >= 15 is 0 Å². The highest BCUT2D eigenvalue weighted by atomic mass is 16.6. The average Bonchev–Trinajstić information content (AvgIpc) is 2.60. The van der Waals surface area contributed by atoms with Crippen molar-refractivity contribution in [3.05, 3.63) is 23.3 Å². The minimum atomic E-state index is -0.180. The molecule has 1 heterocycles. The van der Waals surface area contributed by atoms with Crippen molar-refractivity contribution in [2.75, 3.05) is 0 Å². The van der Waals surface area contributed by atoms with Crippen LogP contribution in [0, 0.1) is 17.3 Å². The molecule has 0 amide bonds. The van der Waals surface area contributed by atoms with Crippen LogP contribution in [-0.2, 0) is 14.3 Å². The van der Waals surface area contributed by atoms with Gasteiger partial charge in [0.2, 0.25) is 0 Å². The lowest BCUT2D eigenvalue weighted by Crippen LogP contribution is -2.39. The van der Waals surface area contributed by atoms with Gasteiger partial charge in [0.1, 0.15) is 6.10 Å². The zero-order valence-electron chi connectivity index (χ0n) is 11.0. The first-order valence-electron chi connectivity index (χ1n) is 6.59. The van der Waals surface area contributed by atoms with Gasteiger partial charge in [0.15, 0.2) is 5.78 Å². The molecular weight excluding hydrogens is 228 g/mol. The molecule has 2 aliphatic carbocycles. The van der Waals surface area contributed by atoms with Crippen molar-refractivity contribution in [1.82, 2.24) is 0 Å². The number of rotatable bonds is 0. The molecule has 1 saturated carbocycles. The lowest BCUT2D eigenvalue weighted by Gasteiger charge is -2.42. The number of hydrogen-bond acceptors (Lipinski definition) is 3. The van der Waals surface area contributed by atoms with E-state index in [0.717, 1.165) is 24.0 Å². The molecule has 3 aliphatic rings. The molecule has 0 aromatic carbocycles. The van der Waals surface area contributed by atoms with Gasteiger partial charge in [-0.2, -0.15) is 0 Å². The fourth-order valence-electron chi connectivity index (χ4n) is 3.69. The van der Waals surface area contributed by atoms with Gasteiger partial charge in [0.05, 0.1) is 5.92 Å². The van der Waals surface area contributed by atoms with Crippen LogP contribution in [0.25, 0.3) is 0 Å². The summed E-state index contributed by atoms with van der Waals surface area (Å²) in [6.07, 6.45) is 5.46. The summed E-state index contributed by atoms with van der Waals surface area (Å²) in [4.78, 5) is 23.6. The van der Waals surface area contributed by atoms with Gasteiger partial charge in [-0.05, 0) is 31.4 Å². The van der Waals surface area contributed by atoms with Crippen LogP contribution in [0.5, 0.6) is 0 Å². The Morgan fingerprint density at radius 1 is 1.39 bits per heavy atom. The number of carbonyl (C=O) groups is 2. The van der Waals surface area contributed by atoms with Gasteiger partial charge >= 0.3 is 5.97 Å². The molecule has 3 rings (SSSR count). The van der Waals surface area contributed by atoms with Gasteiger partial charge in [0, 0.05) is 16.9 Å². The van der Waals surface area contributed by atoms with Gasteiger partial charge in [0.25, 0.3) is 0 Å². The fraction of sp³-hybridized carbons (Fsp3) is 0.600. The molecule has 96 valence electrons. The molecule has 18 heavy (non-hydrogen) atoms. The van der Waals surface area contributed by atoms with E-state index in [1.54, 1.807) is 6.08 Å². The van der Waals surface area contributed by atoms with Gasteiger partial charge in [-0.1, -0.05) is 19.9 Å². The highest BCUT2D eigenvalue weighted by Gasteiger charge is 2.52. The van der Waals surface area contributed by atoms with Gasteiger partial charge < -0.3 is 4.74 Å². The number of ether oxygens (including phenoxy) is 1. The van der Waals surface area contributed by atoms with Gasteiger partial charge in [-0.15, -0.1) is 0 Å². The second-order valence-corrected chi connectivity index (χ2v) is 6.00. The van der Waals surface area contributed by atoms with Crippen LogP contribution in [0.1, 0.15) is 33.6 Å². The summed E-state index contributed by atoms with van der Waals surface area (Å²) < 4.78 is 5.55. The minimum absolute atomic E-state index is 0.0409. The summed E-state index contributed by atoms with van der Waals surface area (Å²) in [5, 5.41) is 0. The van der Waals surface area contributed by atoms with E-state index in [-0.39, 0.29) is 35.1 Å². The standard InChI is InChI=1S/C15H18O3/c1-8-10-4-6-15(3)7-5-11(16)9(2)12(15)13(10)18-14(8)17/h5,7-8,10,13H,4,6H2,1-3H3/t8-,10+,13?,15+/m0/s1. The zero-order valence-corrected chi connectivity index (χ0v) is 11.0. The Hall–Kier alpha value is -1.38. The SMILES string of the molecule is CC1=C2C3OC(=O)[C@@H](C)[C@H]3CC[C@]2(C)C=CC1=O. The molecule has 0 N–H and O–H groups in total. The molecule has 1 unspecified atom stereocenters. The summed E-state index contributed by atoms with van der Waals surface area (Å²) in [5.41, 5.74) is 1.71. The lowest BCUT2D eigenvalue weighted by atomic mass is 9.62. The van der Waals surface area contributed by atoms with Crippen molar-refractivity contribution < 1.29 is 14.3 Å². The molecule has 3 nitrogen and oxygen atoms in total. The van der Waals surface area contributed by atoms with Gasteiger partial charge in [-0.3, -0.25) is 9.59 Å². The van der Waals surface area contributed by atoms with Crippen LogP contribution in [-0.4, -0.2) is 17.9 Å². The summed E-state index contributed by atoms with van der Waals surface area (Å²) >= 11 is 0. The minimum Gasteiger partial charge on any atom is -0.457 e. The number of esters is 1. The summed E-state index contributed by atoms with van der Waals surface area (Å²) in [5.74, 6) is 0.144. The monoisotopic (exact) mass is 246 g/mol. The number of carbonyl (C=O) groups excluding carboxylic acids is 2. The summed E-state index contributed by atoms with van der Waals surface area (Å²) in [6.45, 7) is 5.94. The number of allylic oxidation sites excluding steroid dienone is 3. The highest BCUT2D eigenvalue weighted by Crippen LogP contribution is 2.52. The molecule has 3 heteroatoms. The number of fused-ring (bicyclic) bond motifs is 3. The second kappa shape index (κ2) is 3.56. The second-order valence-electron chi connectivity index (χ2n) is 6.00. The maximum atomic E-state index is 11.9. The van der Waals surface area contributed by atoms with E-state index in [4.69, 9.17) is 4.74 Å². The quantitative estimate of drug-likeness (QED) is 0.616. The Kier molecular flexibility index (Phi) is 2.31. The zero-order chi connectivity index (χ0) is 13.1. The van der Waals surface area contributed by atoms with E-state index in [2.05, 4.69) is 6.92 Å². The molecular formula is C15H18O3. The average molecular weight is 246 g/mol. The summed E-state index contributed by atoms with van der Waals surface area (Å²) in [7, 11) is 0. The third-order valence-electron chi connectivity index (χ3n) is 4.92. The first-order chi connectivity index (χ1) is 8.44. The predicted octanol–water partition coefficient (Wildman–Crippen LogP) is 2.42. The third-order valence-corrected chi connectivity index (χ3v) is 4.92. The molecule has 2 fully saturated rings. The Morgan fingerprint density at radius 2 is 2.11 bits per heavy atom. The molecule has 1 saturated heterocycles. The Morgan fingerprint density at radius 3 is 2.83 bits per heavy atom. The predicted molar refractivity (Wildman–Crippen MR) is 66.7 cm³/mol. The topological polar surface area (TPSA) is 43.4 Å². The molecule has 0 aromatic heterocycles. The van der Waals surface area contributed by atoms with Crippen LogP contribution in [0.3, 0.4) is 0 Å². The molecule has 0 radical (unpaired) electrons. The van der Waals surface area contributed by atoms with E-state index in [9.17, 15) is 9.59 Å². The van der Waals surface area contributed by atoms with E-state index in [1.165, 1.54) is 0 Å². The van der Waals surface area contributed by atoms with Crippen molar-refractivity contribution in [3.8, 4) is 0 Å². The Bertz CT molecular complexity index is 500.